The molecule has 6 heteroatoms. The van der Waals surface area contributed by atoms with Gasteiger partial charge in [0.15, 0.2) is 0 Å². The van der Waals surface area contributed by atoms with Crippen molar-refractivity contribution < 1.29 is 4.79 Å². The van der Waals surface area contributed by atoms with Gasteiger partial charge in [-0.1, -0.05) is 18.2 Å². The third-order valence-corrected chi connectivity index (χ3v) is 3.89. The molecule has 0 radical (unpaired) electrons. The molecule has 0 spiro atoms. The van der Waals surface area contributed by atoms with E-state index in [2.05, 4.69) is 15.0 Å². The molecule has 0 fully saturated rings. The average molecular weight is 335 g/mol. The summed E-state index contributed by atoms with van der Waals surface area (Å²) in [6.45, 7) is 0.687. The van der Waals surface area contributed by atoms with Gasteiger partial charge in [0.25, 0.3) is 5.91 Å². The van der Waals surface area contributed by atoms with E-state index in [1.165, 1.54) is 4.90 Å². The van der Waals surface area contributed by atoms with Crippen LogP contribution in [0.3, 0.4) is 0 Å². The molecule has 0 atom stereocenters. The fraction of sp³-hybridized carbons (Fsp3) is 0.211. The highest BCUT2D eigenvalue weighted by molar-refractivity contribution is 5.92. The second-order valence-corrected chi connectivity index (χ2v) is 6.08. The molecule has 0 aliphatic heterocycles. The molecule has 0 aliphatic carbocycles. The fourth-order valence-corrected chi connectivity index (χ4v) is 2.53. The Bertz CT molecular complexity index is 857. The first-order valence-corrected chi connectivity index (χ1v) is 8.02. The number of pyridine rings is 1. The van der Waals surface area contributed by atoms with E-state index in [9.17, 15) is 4.79 Å². The molecule has 1 amide bonds. The van der Waals surface area contributed by atoms with Gasteiger partial charge in [0.05, 0.1) is 11.9 Å². The van der Waals surface area contributed by atoms with Gasteiger partial charge >= 0.3 is 0 Å². The Morgan fingerprint density at radius 3 is 2.60 bits per heavy atom. The molecule has 0 bridgehead atoms. The van der Waals surface area contributed by atoms with Crippen LogP contribution in [0.1, 0.15) is 16.1 Å². The zero-order valence-corrected chi connectivity index (χ0v) is 14.6. The van der Waals surface area contributed by atoms with Gasteiger partial charge in [0, 0.05) is 51.3 Å². The highest BCUT2D eigenvalue weighted by atomic mass is 16.2. The van der Waals surface area contributed by atoms with Gasteiger partial charge in [-0.3, -0.25) is 9.78 Å². The van der Waals surface area contributed by atoms with Crippen molar-refractivity contribution in [3.8, 4) is 5.69 Å². The molecule has 0 saturated carbocycles. The molecule has 1 aromatic carbocycles. The minimum absolute atomic E-state index is 0.104. The van der Waals surface area contributed by atoms with Crippen LogP contribution in [0.15, 0.2) is 61.1 Å². The largest absolute Gasteiger partial charge is 0.370 e. The van der Waals surface area contributed by atoms with Gasteiger partial charge in [0.2, 0.25) is 0 Å². The molecule has 0 unspecified atom stereocenters. The van der Waals surface area contributed by atoms with Crippen molar-refractivity contribution in [3.05, 3.63) is 72.3 Å². The Kier molecular flexibility index (Phi) is 4.79. The lowest BCUT2D eigenvalue weighted by Gasteiger charge is -2.19. The van der Waals surface area contributed by atoms with Crippen LogP contribution in [0, 0.1) is 0 Å². The van der Waals surface area contributed by atoms with Crippen LogP contribution in [0.25, 0.3) is 5.69 Å². The van der Waals surface area contributed by atoms with Gasteiger partial charge < -0.3 is 9.80 Å². The molecule has 0 N–H and O–H groups in total. The molecular weight excluding hydrogens is 314 g/mol. The molecule has 0 aliphatic rings. The fourth-order valence-electron chi connectivity index (χ4n) is 2.53. The number of benzene rings is 1. The summed E-state index contributed by atoms with van der Waals surface area (Å²) in [6.07, 6.45) is 5.53. The van der Waals surface area contributed by atoms with Crippen LogP contribution in [-0.2, 0) is 6.54 Å². The number of hydrogen-bond donors (Lipinski definition) is 0. The van der Waals surface area contributed by atoms with E-state index in [-0.39, 0.29) is 5.91 Å². The molecule has 2 aromatic heterocycles. The number of nitrogens with zero attached hydrogens (tertiary/aromatic N) is 5. The smallest absolute Gasteiger partial charge is 0.272 e. The molecule has 3 aromatic rings. The SMILES string of the molecule is CN(C)C(=O)c1cc(N(C)Cc2cnn(-c3ccccc3)c2)ccn1. The van der Waals surface area contributed by atoms with Crippen molar-refractivity contribution in [2.75, 3.05) is 26.0 Å². The summed E-state index contributed by atoms with van der Waals surface area (Å²) in [5.41, 5.74) is 3.49. The number of carbonyl (C=O) groups is 1. The Balaban J connectivity index is 1.75. The molecule has 0 saturated heterocycles. The Morgan fingerprint density at radius 1 is 1.12 bits per heavy atom. The van der Waals surface area contributed by atoms with Crippen molar-refractivity contribution in [2.45, 2.75) is 6.54 Å². The summed E-state index contributed by atoms with van der Waals surface area (Å²) in [4.78, 5) is 19.8. The van der Waals surface area contributed by atoms with Crippen LogP contribution in [0.2, 0.25) is 0 Å². The number of carbonyl (C=O) groups excluding carboxylic acids is 1. The van der Waals surface area contributed by atoms with E-state index < -0.39 is 0 Å². The summed E-state index contributed by atoms with van der Waals surface area (Å²) >= 11 is 0. The second kappa shape index (κ2) is 7.17. The van der Waals surface area contributed by atoms with Crippen LogP contribution < -0.4 is 4.90 Å². The first-order chi connectivity index (χ1) is 12.0. The first kappa shape index (κ1) is 16.7. The van der Waals surface area contributed by atoms with Crippen molar-refractivity contribution in [1.82, 2.24) is 19.7 Å². The maximum atomic E-state index is 12.1. The van der Waals surface area contributed by atoms with E-state index >= 15 is 0 Å². The van der Waals surface area contributed by atoms with Gasteiger partial charge in [-0.05, 0) is 24.3 Å². The molecule has 128 valence electrons. The minimum Gasteiger partial charge on any atom is -0.370 e. The van der Waals surface area contributed by atoms with Crippen molar-refractivity contribution in [3.63, 3.8) is 0 Å². The van der Waals surface area contributed by atoms with E-state index in [0.29, 0.717) is 12.2 Å². The summed E-state index contributed by atoms with van der Waals surface area (Å²) in [7, 11) is 5.43. The van der Waals surface area contributed by atoms with Crippen LogP contribution in [-0.4, -0.2) is 46.7 Å². The lowest BCUT2D eigenvalue weighted by atomic mass is 10.2. The standard InChI is InChI=1S/C19H21N5O/c1-22(2)19(25)18-11-17(9-10-20-18)23(3)13-15-12-21-24(14-15)16-7-5-4-6-8-16/h4-12,14H,13H2,1-3H3. The predicted molar refractivity (Wildman–Crippen MR) is 97.9 cm³/mol. The number of anilines is 1. The highest BCUT2D eigenvalue weighted by Gasteiger charge is 2.12. The van der Waals surface area contributed by atoms with Crippen molar-refractivity contribution in [2.24, 2.45) is 0 Å². The zero-order valence-electron chi connectivity index (χ0n) is 14.6. The van der Waals surface area contributed by atoms with E-state index in [1.54, 1.807) is 20.3 Å². The molecule has 25 heavy (non-hydrogen) atoms. The number of aromatic nitrogens is 3. The maximum Gasteiger partial charge on any atom is 0.272 e. The number of amides is 1. The number of rotatable bonds is 5. The normalized spacial score (nSPS) is 10.5. The Morgan fingerprint density at radius 2 is 1.88 bits per heavy atom. The first-order valence-electron chi connectivity index (χ1n) is 8.02. The molecule has 6 nitrogen and oxygen atoms in total. The third kappa shape index (κ3) is 3.85. The van der Waals surface area contributed by atoms with E-state index in [0.717, 1.165) is 16.9 Å². The van der Waals surface area contributed by atoms with Gasteiger partial charge in [0.1, 0.15) is 5.69 Å². The Labute approximate surface area is 147 Å². The predicted octanol–water partition coefficient (Wildman–Crippen LogP) is 2.61. The lowest BCUT2D eigenvalue weighted by Crippen LogP contribution is -2.23. The van der Waals surface area contributed by atoms with E-state index in [1.807, 2.05) is 66.6 Å². The lowest BCUT2D eigenvalue weighted by molar-refractivity contribution is 0.0822. The highest BCUT2D eigenvalue weighted by Crippen LogP contribution is 2.17. The summed E-state index contributed by atoms with van der Waals surface area (Å²) < 4.78 is 1.86. The summed E-state index contributed by atoms with van der Waals surface area (Å²) in [5.74, 6) is -0.104. The van der Waals surface area contributed by atoms with Gasteiger partial charge in [-0.2, -0.15) is 5.10 Å². The number of hydrogen-bond acceptors (Lipinski definition) is 4. The van der Waals surface area contributed by atoms with Gasteiger partial charge in [-0.15, -0.1) is 0 Å². The summed E-state index contributed by atoms with van der Waals surface area (Å²) in [5, 5.41) is 4.42. The van der Waals surface area contributed by atoms with Crippen LogP contribution in [0.4, 0.5) is 5.69 Å². The van der Waals surface area contributed by atoms with Crippen LogP contribution >= 0.6 is 0 Å². The van der Waals surface area contributed by atoms with Gasteiger partial charge in [-0.25, -0.2) is 4.68 Å². The maximum absolute atomic E-state index is 12.1. The third-order valence-electron chi connectivity index (χ3n) is 3.89. The molecular formula is C19H21N5O. The second-order valence-electron chi connectivity index (χ2n) is 6.08. The van der Waals surface area contributed by atoms with Crippen LogP contribution in [0.5, 0.6) is 0 Å². The van der Waals surface area contributed by atoms with Crippen molar-refractivity contribution in [1.29, 1.82) is 0 Å². The summed E-state index contributed by atoms with van der Waals surface area (Å²) in [6, 6.07) is 13.7. The quantitative estimate of drug-likeness (QED) is 0.719. The topological polar surface area (TPSA) is 54.3 Å². The van der Waals surface area contributed by atoms with Crippen molar-refractivity contribution >= 4 is 11.6 Å². The monoisotopic (exact) mass is 335 g/mol. The minimum atomic E-state index is -0.104. The molecule has 3 rings (SSSR count). The van der Waals surface area contributed by atoms with E-state index in [4.69, 9.17) is 0 Å². The zero-order chi connectivity index (χ0) is 17.8. The molecule has 2 heterocycles. The average Bonchev–Trinajstić information content (AvgIpc) is 3.10. The Hall–Kier alpha value is -3.15. The number of para-hydroxylation sites is 1.